The lowest BCUT2D eigenvalue weighted by Gasteiger charge is -2.24. The van der Waals surface area contributed by atoms with Crippen LogP contribution >= 0.6 is 27.5 Å². The van der Waals surface area contributed by atoms with Gasteiger partial charge in [-0.05, 0) is 45.9 Å². The van der Waals surface area contributed by atoms with Crippen molar-refractivity contribution in [3.63, 3.8) is 0 Å². The quantitative estimate of drug-likeness (QED) is 0.599. The molecule has 0 radical (unpaired) electrons. The topological polar surface area (TPSA) is 29.0 Å². The van der Waals surface area contributed by atoms with Gasteiger partial charge in [0, 0.05) is 18.1 Å². The van der Waals surface area contributed by atoms with Gasteiger partial charge in [-0.25, -0.2) is 4.98 Å². The van der Waals surface area contributed by atoms with Crippen LogP contribution < -0.4 is 4.90 Å². The maximum Gasteiger partial charge on any atom is 0.224 e. The fraction of sp³-hybridized carbons (Fsp3) is 0.125. The number of aromatic nitrogens is 2. The van der Waals surface area contributed by atoms with Crippen LogP contribution in [0.4, 0.5) is 11.5 Å². The van der Waals surface area contributed by atoms with Gasteiger partial charge in [0.2, 0.25) is 5.28 Å². The number of hydrogen-bond donors (Lipinski definition) is 0. The van der Waals surface area contributed by atoms with Crippen LogP contribution in [0.25, 0.3) is 10.8 Å². The highest BCUT2D eigenvalue weighted by Crippen LogP contribution is 2.34. The summed E-state index contributed by atoms with van der Waals surface area (Å²) in [7, 11) is 0. The molecule has 0 N–H and O–H groups in total. The second kappa shape index (κ2) is 6.00. The lowest BCUT2D eigenvalue weighted by molar-refractivity contribution is 0.974. The van der Waals surface area contributed by atoms with Crippen molar-refractivity contribution in [3.8, 4) is 0 Å². The van der Waals surface area contributed by atoms with Gasteiger partial charge in [0.1, 0.15) is 0 Å². The molecule has 0 aliphatic heterocycles. The van der Waals surface area contributed by atoms with Crippen LogP contribution in [0.2, 0.25) is 5.28 Å². The Labute approximate surface area is 136 Å². The van der Waals surface area contributed by atoms with E-state index in [-0.39, 0.29) is 5.28 Å². The van der Waals surface area contributed by atoms with Gasteiger partial charge in [-0.1, -0.05) is 36.4 Å². The Balaban J connectivity index is 2.21. The normalized spacial score (nSPS) is 10.8. The van der Waals surface area contributed by atoms with Gasteiger partial charge in [0.05, 0.1) is 10.2 Å². The van der Waals surface area contributed by atoms with Gasteiger partial charge in [0.25, 0.3) is 0 Å². The predicted octanol–water partition coefficient (Wildman–Crippen LogP) is 5.20. The molecule has 0 unspecified atom stereocenters. The zero-order valence-corrected chi connectivity index (χ0v) is 13.8. The van der Waals surface area contributed by atoms with Crippen LogP contribution in [-0.2, 0) is 0 Å². The van der Waals surface area contributed by atoms with Crippen molar-refractivity contribution in [2.45, 2.75) is 6.92 Å². The predicted molar refractivity (Wildman–Crippen MR) is 91.4 cm³/mol. The molecule has 0 aliphatic rings. The van der Waals surface area contributed by atoms with Crippen molar-refractivity contribution in [2.75, 3.05) is 11.4 Å². The Morgan fingerprint density at radius 3 is 2.71 bits per heavy atom. The zero-order chi connectivity index (χ0) is 14.8. The van der Waals surface area contributed by atoms with E-state index in [1.807, 2.05) is 12.1 Å². The molecular weight excluding hydrogens is 350 g/mol. The van der Waals surface area contributed by atoms with Gasteiger partial charge < -0.3 is 4.90 Å². The summed E-state index contributed by atoms with van der Waals surface area (Å²) in [6.07, 6.45) is 1.68. The van der Waals surface area contributed by atoms with Crippen LogP contribution in [0, 0.1) is 0 Å². The molecular formula is C16H13BrClN3. The minimum absolute atomic E-state index is 0.242. The Bertz CT molecular complexity index is 786. The first-order chi connectivity index (χ1) is 10.2. The van der Waals surface area contributed by atoms with Crippen LogP contribution in [0.5, 0.6) is 0 Å². The maximum absolute atomic E-state index is 5.95. The molecule has 106 valence electrons. The summed E-state index contributed by atoms with van der Waals surface area (Å²) in [5, 5.41) is 2.63. The Morgan fingerprint density at radius 2 is 1.90 bits per heavy atom. The van der Waals surface area contributed by atoms with Crippen LogP contribution in [0.3, 0.4) is 0 Å². The third kappa shape index (κ3) is 2.74. The second-order valence-corrected chi connectivity index (χ2v) is 5.75. The van der Waals surface area contributed by atoms with Gasteiger partial charge >= 0.3 is 0 Å². The molecule has 1 heterocycles. The fourth-order valence-electron chi connectivity index (χ4n) is 2.40. The summed E-state index contributed by atoms with van der Waals surface area (Å²) >= 11 is 9.46. The van der Waals surface area contributed by atoms with E-state index in [0.717, 1.165) is 22.5 Å². The SMILES string of the molecule is CCN(c1nc(Cl)ncc1Br)c1cccc2ccccc12. The van der Waals surface area contributed by atoms with E-state index >= 15 is 0 Å². The Hall–Kier alpha value is -1.65. The zero-order valence-electron chi connectivity index (χ0n) is 11.4. The molecule has 2 aromatic carbocycles. The van der Waals surface area contributed by atoms with E-state index in [2.05, 4.69) is 68.1 Å². The molecule has 3 nitrogen and oxygen atoms in total. The van der Waals surface area contributed by atoms with E-state index in [1.54, 1.807) is 6.20 Å². The lowest BCUT2D eigenvalue weighted by Crippen LogP contribution is -2.18. The first-order valence-corrected chi connectivity index (χ1v) is 7.81. The van der Waals surface area contributed by atoms with Gasteiger partial charge in [-0.2, -0.15) is 4.98 Å². The summed E-state index contributed by atoms with van der Waals surface area (Å²) in [5.41, 5.74) is 1.10. The first kappa shape index (κ1) is 14.3. The molecule has 5 heteroatoms. The van der Waals surface area contributed by atoms with Crippen molar-refractivity contribution in [3.05, 3.63) is 58.4 Å². The summed E-state index contributed by atoms with van der Waals surface area (Å²) in [4.78, 5) is 10.5. The standard InChI is InChI=1S/C16H13BrClN3/c1-2-21(15-13(17)10-19-16(18)20-15)14-9-5-7-11-6-3-4-8-12(11)14/h3-10H,2H2,1H3. The highest BCUT2D eigenvalue weighted by molar-refractivity contribution is 9.10. The largest absolute Gasteiger partial charge is 0.325 e. The highest BCUT2D eigenvalue weighted by atomic mass is 79.9. The van der Waals surface area contributed by atoms with Crippen molar-refractivity contribution < 1.29 is 0 Å². The molecule has 3 rings (SSSR count). The molecule has 1 aromatic heterocycles. The van der Waals surface area contributed by atoms with Crippen LogP contribution in [0.15, 0.2) is 53.1 Å². The lowest BCUT2D eigenvalue weighted by atomic mass is 10.1. The maximum atomic E-state index is 5.95. The van der Waals surface area contributed by atoms with E-state index in [9.17, 15) is 0 Å². The average Bonchev–Trinajstić information content (AvgIpc) is 2.51. The summed E-state index contributed by atoms with van der Waals surface area (Å²) in [6, 6.07) is 14.6. The van der Waals surface area contributed by atoms with E-state index in [4.69, 9.17) is 11.6 Å². The van der Waals surface area contributed by atoms with Crippen LogP contribution in [0.1, 0.15) is 6.92 Å². The number of benzene rings is 2. The molecule has 0 saturated carbocycles. The third-order valence-corrected chi connectivity index (χ3v) is 4.07. The van der Waals surface area contributed by atoms with Crippen LogP contribution in [-0.4, -0.2) is 16.5 Å². The molecule has 0 spiro atoms. The first-order valence-electron chi connectivity index (χ1n) is 6.64. The molecule has 0 saturated heterocycles. The van der Waals surface area contributed by atoms with Gasteiger partial charge in [-0.15, -0.1) is 0 Å². The number of anilines is 2. The smallest absolute Gasteiger partial charge is 0.224 e. The number of fused-ring (bicyclic) bond motifs is 1. The highest BCUT2D eigenvalue weighted by Gasteiger charge is 2.15. The summed E-state index contributed by atoms with van der Waals surface area (Å²) in [6.45, 7) is 2.87. The monoisotopic (exact) mass is 361 g/mol. The Morgan fingerprint density at radius 1 is 1.14 bits per heavy atom. The number of hydrogen-bond acceptors (Lipinski definition) is 3. The van der Waals surface area contributed by atoms with Gasteiger partial charge in [-0.3, -0.25) is 0 Å². The number of rotatable bonds is 3. The summed E-state index contributed by atoms with van der Waals surface area (Å²) < 4.78 is 0.821. The van der Waals surface area contributed by atoms with E-state index in [0.29, 0.717) is 0 Å². The second-order valence-electron chi connectivity index (χ2n) is 4.55. The third-order valence-electron chi connectivity index (χ3n) is 3.33. The molecule has 0 fully saturated rings. The molecule has 21 heavy (non-hydrogen) atoms. The van der Waals surface area contributed by atoms with Crippen molar-refractivity contribution in [1.29, 1.82) is 0 Å². The van der Waals surface area contributed by atoms with E-state index < -0.39 is 0 Å². The molecule has 0 bridgehead atoms. The molecule has 3 aromatic rings. The Kier molecular flexibility index (Phi) is 4.08. The fourth-order valence-corrected chi connectivity index (χ4v) is 2.94. The summed E-state index contributed by atoms with van der Waals surface area (Å²) in [5.74, 6) is 0.772. The molecule has 0 atom stereocenters. The van der Waals surface area contributed by atoms with Crippen molar-refractivity contribution >= 4 is 49.8 Å². The number of nitrogens with zero attached hydrogens (tertiary/aromatic N) is 3. The van der Waals surface area contributed by atoms with Crippen molar-refractivity contribution in [1.82, 2.24) is 9.97 Å². The van der Waals surface area contributed by atoms with E-state index in [1.165, 1.54) is 10.8 Å². The minimum Gasteiger partial charge on any atom is -0.325 e. The number of halogens is 2. The van der Waals surface area contributed by atoms with Gasteiger partial charge in [0.15, 0.2) is 5.82 Å². The van der Waals surface area contributed by atoms with Crippen molar-refractivity contribution in [2.24, 2.45) is 0 Å². The molecule has 0 amide bonds. The molecule has 0 aliphatic carbocycles. The average molecular weight is 363 g/mol. The minimum atomic E-state index is 0.242.